The smallest absolute Gasteiger partial charge is 0.212 e. The Hall–Kier alpha value is -0.580. The topological polar surface area (TPSA) is 37.4 Å². The summed E-state index contributed by atoms with van der Waals surface area (Å²) >= 11 is 5.67. The molecule has 0 radical (unpaired) electrons. The second kappa shape index (κ2) is 5.38. The zero-order chi connectivity index (χ0) is 12.3. The molecule has 0 heterocycles. The number of sulfonamides is 1. The number of rotatable bonds is 6. The molecule has 0 N–H and O–H groups in total. The van der Waals surface area contributed by atoms with Gasteiger partial charge in [0, 0.05) is 18.5 Å². The minimum absolute atomic E-state index is 0.0707. The Labute approximate surface area is 107 Å². The number of hydrogen-bond donors (Lipinski definition) is 0. The van der Waals surface area contributed by atoms with Crippen LogP contribution in [0.25, 0.3) is 0 Å². The Morgan fingerprint density at radius 1 is 1.24 bits per heavy atom. The van der Waals surface area contributed by atoms with Crippen LogP contribution in [0.2, 0.25) is 0 Å². The minimum Gasteiger partial charge on any atom is -0.212 e. The van der Waals surface area contributed by atoms with E-state index in [1.807, 2.05) is 30.3 Å². The lowest BCUT2D eigenvalue weighted by Gasteiger charge is -2.20. The third kappa shape index (κ3) is 3.44. The van der Waals surface area contributed by atoms with Gasteiger partial charge in [0.1, 0.15) is 0 Å². The van der Waals surface area contributed by atoms with Gasteiger partial charge in [0.25, 0.3) is 0 Å². The van der Waals surface area contributed by atoms with Gasteiger partial charge in [-0.1, -0.05) is 30.3 Å². The third-order valence-corrected chi connectivity index (χ3v) is 4.87. The van der Waals surface area contributed by atoms with Crippen LogP contribution in [0.1, 0.15) is 18.4 Å². The first-order valence-electron chi connectivity index (χ1n) is 5.73. The molecule has 0 amide bonds. The molecule has 0 saturated heterocycles. The van der Waals surface area contributed by atoms with E-state index >= 15 is 0 Å². The second-order valence-corrected chi connectivity index (χ2v) is 6.57. The molecule has 5 heteroatoms. The van der Waals surface area contributed by atoms with E-state index in [2.05, 4.69) is 0 Å². The molecule has 0 spiro atoms. The fraction of sp³-hybridized carbons (Fsp3) is 0.500. The lowest BCUT2D eigenvalue weighted by atomic mass is 10.2. The normalized spacial score (nSPS) is 16.4. The molecule has 17 heavy (non-hydrogen) atoms. The van der Waals surface area contributed by atoms with Gasteiger partial charge in [-0.25, -0.2) is 8.42 Å². The summed E-state index contributed by atoms with van der Waals surface area (Å²) in [6.45, 7) is 0.418. The van der Waals surface area contributed by atoms with Gasteiger partial charge < -0.3 is 0 Å². The van der Waals surface area contributed by atoms with Gasteiger partial charge >= 0.3 is 0 Å². The summed E-state index contributed by atoms with van der Waals surface area (Å²) < 4.78 is 26.0. The molecule has 1 fully saturated rings. The summed E-state index contributed by atoms with van der Waals surface area (Å²) in [5.41, 5.74) is 0.827. The standard InChI is InChI=1S/C12H16ClNO2S/c13-8-9-14(12-6-7-12)17(15,16)10-11-4-2-1-3-5-11/h1-5,12H,6-10H2. The predicted molar refractivity (Wildman–Crippen MR) is 69.5 cm³/mol. The summed E-state index contributed by atoms with van der Waals surface area (Å²) in [6, 6.07) is 9.45. The van der Waals surface area contributed by atoms with Crippen molar-refractivity contribution < 1.29 is 8.42 Å². The highest BCUT2D eigenvalue weighted by Crippen LogP contribution is 2.30. The Bertz CT molecular complexity index is 457. The fourth-order valence-electron chi connectivity index (χ4n) is 1.86. The highest BCUT2D eigenvalue weighted by Gasteiger charge is 2.36. The first kappa shape index (κ1) is 12.9. The molecule has 1 saturated carbocycles. The van der Waals surface area contributed by atoms with Gasteiger partial charge in [-0.3, -0.25) is 0 Å². The Morgan fingerprint density at radius 3 is 2.41 bits per heavy atom. The maximum absolute atomic E-state index is 12.2. The van der Waals surface area contributed by atoms with Crippen molar-refractivity contribution in [2.75, 3.05) is 12.4 Å². The van der Waals surface area contributed by atoms with E-state index < -0.39 is 10.0 Å². The molecular weight excluding hydrogens is 258 g/mol. The molecule has 3 nitrogen and oxygen atoms in total. The largest absolute Gasteiger partial charge is 0.218 e. The summed E-state index contributed by atoms with van der Waals surface area (Å²) in [6.07, 6.45) is 1.93. The van der Waals surface area contributed by atoms with E-state index in [4.69, 9.17) is 11.6 Å². The predicted octanol–water partition coefficient (Wildman–Crippen LogP) is 2.22. The Kier molecular flexibility index (Phi) is 4.07. The zero-order valence-corrected chi connectivity index (χ0v) is 11.1. The van der Waals surface area contributed by atoms with Crippen molar-refractivity contribution >= 4 is 21.6 Å². The highest BCUT2D eigenvalue weighted by molar-refractivity contribution is 7.88. The lowest BCUT2D eigenvalue weighted by molar-refractivity contribution is 0.422. The van der Waals surface area contributed by atoms with E-state index in [0.29, 0.717) is 12.4 Å². The molecule has 94 valence electrons. The van der Waals surface area contributed by atoms with Crippen molar-refractivity contribution in [2.24, 2.45) is 0 Å². The van der Waals surface area contributed by atoms with Crippen LogP contribution in [-0.2, 0) is 15.8 Å². The van der Waals surface area contributed by atoms with E-state index in [9.17, 15) is 8.42 Å². The van der Waals surface area contributed by atoms with Gasteiger partial charge in [-0.05, 0) is 18.4 Å². The van der Waals surface area contributed by atoms with Crippen LogP contribution in [0.3, 0.4) is 0 Å². The molecule has 1 aliphatic carbocycles. The van der Waals surface area contributed by atoms with Crippen molar-refractivity contribution in [3.05, 3.63) is 35.9 Å². The molecule has 0 bridgehead atoms. The minimum atomic E-state index is -3.23. The van der Waals surface area contributed by atoms with Gasteiger partial charge in [-0.15, -0.1) is 11.6 Å². The van der Waals surface area contributed by atoms with Gasteiger partial charge in [-0.2, -0.15) is 4.31 Å². The first-order chi connectivity index (χ1) is 8.13. The Morgan fingerprint density at radius 2 is 1.88 bits per heavy atom. The van der Waals surface area contributed by atoms with Crippen molar-refractivity contribution in [3.8, 4) is 0 Å². The van der Waals surface area contributed by atoms with Gasteiger partial charge in [0.15, 0.2) is 0 Å². The molecule has 0 unspecified atom stereocenters. The van der Waals surface area contributed by atoms with Crippen LogP contribution in [-0.4, -0.2) is 31.2 Å². The van der Waals surface area contributed by atoms with Gasteiger partial charge in [0.05, 0.1) is 5.75 Å². The SMILES string of the molecule is O=S(=O)(Cc1ccccc1)N(CCCl)C1CC1. The summed E-state index contributed by atoms with van der Waals surface area (Å²) in [5.74, 6) is 0.422. The van der Waals surface area contributed by atoms with E-state index in [1.165, 1.54) is 0 Å². The zero-order valence-electron chi connectivity index (χ0n) is 9.55. The van der Waals surface area contributed by atoms with Crippen molar-refractivity contribution in [1.82, 2.24) is 4.31 Å². The third-order valence-electron chi connectivity index (χ3n) is 2.81. The Balaban J connectivity index is 2.11. The van der Waals surface area contributed by atoms with E-state index in [-0.39, 0.29) is 11.8 Å². The van der Waals surface area contributed by atoms with Crippen LogP contribution in [0.15, 0.2) is 30.3 Å². The van der Waals surface area contributed by atoms with Crippen molar-refractivity contribution in [2.45, 2.75) is 24.6 Å². The molecule has 2 rings (SSSR count). The highest BCUT2D eigenvalue weighted by atomic mass is 35.5. The summed E-state index contributed by atoms with van der Waals surface area (Å²) in [5, 5.41) is 0. The van der Waals surface area contributed by atoms with Crippen LogP contribution >= 0.6 is 11.6 Å². The molecule has 0 aliphatic heterocycles. The van der Waals surface area contributed by atoms with Crippen LogP contribution in [0.4, 0.5) is 0 Å². The lowest BCUT2D eigenvalue weighted by Crippen LogP contribution is -2.35. The van der Waals surface area contributed by atoms with E-state index in [0.717, 1.165) is 18.4 Å². The number of benzene rings is 1. The molecule has 0 aromatic heterocycles. The molecule has 1 aliphatic rings. The van der Waals surface area contributed by atoms with Gasteiger partial charge in [0.2, 0.25) is 10.0 Å². The number of nitrogens with zero attached hydrogens (tertiary/aromatic N) is 1. The average Bonchev–Trinajstić information content (AvgIpc) is 3.10. The molecule has 1 aromatic carbocycles. The number of halogens is 1. The van der Waals surface area contributed by atoms with Crippen LogP contribution in [0, 0.1) is 0 Å². The maximum atomic E-state index is 12.2. The average molecular weight is 274 g/mol. The first-order valence-corrected chi connectivity index (χ1v) is 7.87. The second-order valence-electron chi connectivity index (χ2n) is 4.27. The number of hydrogen-bond acceptors (Lipinski definition) is 2. The number of alkyl halides is 1. The molecule has 1 aromatic rings. The quantitative estimate of drug-likeness (QED) is 0.746. The molecule has 0 atom stereocenters. The maximum Gasteiger partial charge on any atom is 0.218 e. The van der Waals surface area contributed by atoms with E-state index in [1.54, 1.807) is 4.31 Å². The van der Waals surface area contributed by atoms with Crippen molar-refractivity contribution in [3.63, 3.8) is 0 Å². The summed E-state index contributed by atoms with van der Waals surface area (Å²) in [7, 11) is -3.23. The fourth-order valence-corrected chi connectivity index (χ4v) is 3.96. The molecular formula is C12H16ClNO2S. The monoisotopic (exact) mass is 273 g/mol. The van der Waals surface area contributed by atoms with Crippen LogP contribution < -0.4 is 0 Å². The summed E-state index contributed by atoms with van der Waals surface area (Å²) in [4.78, 5) is 0. The van der Waals surface area contributed by atoms with Crippen LogP contribution in [0.5, 0.6) is 0 Å². The van der Waals surface area contributed by atoms with Crippen molar-refractivity contribution in [1.29, 1.82) is 0 Å².